The van der Waals surface area contributed by atoms with Gasteiger partial charge in [-0.1, -0.05) is 12.2 Å². The van der Waals surface area contributed by atoms with Crippen LogP contribution in [0.1, 0.15) is 26.2 Å². The fourth-order valence-corrected chi connectivity index (χ4v) is 2.37. The smallest absolute Gasteiger partial charge is 0.0293 e. The number of hydrazine groups is 1. The summed E-state index contributed by atoms with van der Waals surface area (Å²) < 4.78 is 0. The molecule has 0 amide bonds. The summed E-state index contributed by atoms with van der Waals surface area (Å²) in [4.78, 5) is 0. The third-order valence-corrected chi connectivity index (χ3v) is 2.95. The average Bonchev–Trinajstić information content (AvgIpc) is 2.34. The maximum absolute atomic E-state index is 4.13. The van der Waals surface area contributed by atoms with Gasteiger partial charge >= 0.3 is 0 Å². The van der Waals surface area contributed by atoms with Gasteiger partial charge in [-0.3, -0.25) is 10.9 Å². The Bertz CT molecular complexity index is 174. The largest absolute Gasteiger partial charge is 0.254 e. The lowest BCUT2D eigenvalue weighted by Crippen LogP contribution is -2.33. The van der Waals surface area contributed by atoms with Crippen molar-refractivity contribution in [3.05, 3.63) is 12.2 Å². The van der Waals surface area contributed by atoms with E-state index in [1.165, 1.54) is 24.8 Å². The molecule has 2 rings (SSSR count). The molecule has 0 radical (unpaired) electrons. The van der Waals surface area contributed by atoms with Crippen molar-refractivity contribution in [3.63, 3.8) is 0 Å². The van der Waals surface area contributed by atoms with E-state index in [2.05, 4.69) is 24.4 Å². The minimum atomic E-state index is 0.577. The SMILES string of the molecule is C=C1CCCC2NNC(C)C12. The minimum absolute atomic E-state index is 0.577. The summed E-state index contributed by atoms with van der Waals surface area (Å²) in [5.41, 5.74) is 8.05. The van der Waals surface area contributed by atoms with E-state index in [9.17, 15) is 0 Å². The number of hydrogen-bond donors (Lipinski definition) is 2. The molecule has 3 unspecified atom stereocenters. The van der Waals surface area contributed by atoms with Crippen molar-refractivity contribution < 1.29 is 0 Å². The van der Waals surface area contributed by atoms with E-state index >= 15 is 0 Å². The first-order valence-electron chi connectivity index (χ1n) is 4.48. The molecule has 2 fully saturated rings. The molecular weight excluding hydrogens is 136 g/mol. The number of hydrogen-bond acceptors (Lipinski definition) is 2. The molecule has 1 saturated carbocycles. The molecule has 0 bridgehead atoms. The van der Waals surface area contributed by atoms with Gasteiger partial charge in [-0.2, -0.15) is 0 Å². The molecule has 1 saturated heterocycles. The fraction of sp³-hybridized carbons (Fsp3) is 0.778. The summed E-state index contributed by atoms with van der Waals surface area (Å²) in [6.45, 7) is 6.36. The number of nitrogens with one attached hydrogen (secondary N) is 2. The first-order valence-corrected chi connectivity index (χ1v) is 4.48. The molecule has 1 heterocycles. The fourth-order valence-electron chi connectivity index (χ4n) is 2.37. The standard InChI is InChI=1S/C9H16N2/c1-6-4-3-5-8-9(6)7(2)10-11-8/h7-11H,1,3-5H2,2H3. The topological polar surface area (TPSA) is 24.1 Å². The van der Waals surface area contributed by atoms with Crippen LogP contribution in [0.4, 0.5) is 0 Å². The Morgan fingerprint density at radius 2 is 2.27 bits per heavy atom. The Morgan fingerprint density at radius 3 is 3.00 bits per heavy atom. The Labute approximate surface area is 68.0 Å². The molecule has 2 aliphatic rings. The van der Waals surface area contributed by atoms with Gasteiger partial charge in [0.15, 0.2) is 0 Å². The molecule has 3 atom stereocenters. The van der Waals surface area contributed by atoms with E-state index < -0.39 is 0 Å². The summed E-state index contributed by atoms with van der Waals surface area (Å²) in [5.74, 6) is 0.684. The van der Waals surface area contributed by atoms with Gasteiger partial charge in [-0.05, 0) is 26.2 Å². The normalized spacial score (nSPS) is 44.1. The predicted molar refractivity (Wildman–Crippen MR) is 46.0 cm³/mol. The van der Waals surface area contributed by atoms with Crippen LogP contribution in [0.15, 0.2) is 12.2 Å². The maximum Gasteiger partial charge on any atom is 0.0293 e. The molecule has 0 spiro atoms. The van der Waals surface area contributed by atoms with E-state index in [-0.39, 0.29) is 0 Å². The number of fused-ring (bicyclic) bond motifs is 1. The lowest BCUT2D eigenvalue weighted by molar-refractivity contribution is 0.392. The Hall–Kier alpha value is -0.340. The van der Waals surface area contributed by atoms with Gasteiger partial charge in [-0.25, -0.2) is 0 Å². The first-order chi connectivity index (χ1) is 5.29. The summed E-state index contributed by atoms with van der Waals surface area (Å²) in [7, 11) is 0. The van der Waals surface area contributed by atoms with Crippen LogP contribution in [0.25, 0.3) is 0 Å². The van der Waals surface area contributed by atoms with Crippen molar-refractivity contribution in [1.29, 1.82) is 0 Å². The summed E-state index contributed by atoms with van der Waals surface area (Å²) >= 11 is 0. The van der Waals surface area contributed by atoms with Crippen molar-refractivity contribution in [2.24, 2.45) is 5.92 Å². The van der Waals surface area contributed by atoms with Crippen LogP contribution in [0, 0.1) is 5.92 Å². The van der Waals surface area contributed by atoms with Crippen molar-refractivity contribution in [2.75, 3.05) is 0 Å². The predicted octanol–water partition coefficient (Wildman–Crippen LogP) is 1.21. The van der Waals surface area contributed by atoms with Crippen LogP contribution >= 0.6 is 0 Å². The highest BCUT2D eigenvalue weighted by Crippen LogP contribution is 2.33. The van der Waals surface area contributed by atoms with Gasteiger partial charge < -0.3 is 0 Å². The van der Waals surface area contributed by atoms with Crippen LogP contribution in [0.3, 0.4) is 0 Å². The second-order valence-electron chi connectivity index (χ2n) is 3.76. The van der Waals surface area contributed by atoms with Crippen LogP contribution in [-0.2, 0) is 0 Å². The lowest BCUT2D eigenvalue weighted by atomic mass is 9.79. The average molecular weight is 152 g/mol. The highest BCUT2D eigenvalue weighted by atomic mass is 15.4. The third kappa shape index (κ3) is 1.10. The molecule has 0 aromatic heterocycles. The highest BCUT2D eigenvalue weighted by molar-refractivity contribution is 5.13. The zero-order valence-corrected chi connectivity index (χ0v) is 7.06. The molecule has 2 nitrogen and oxygen atoms in total. The van der Waals surface area contributed by atoms with E-state index in [4.69, 9.17) is 0 Å². The molecule has 11 heavy (non-hydrogen) atoms. The summed E-state index contributed by atoms with van der Waals surface area (Å²) in [6.07, 6.45) is 3.84. The quantitative estimate of drug-likeness (QED) is 0.510. The molecule has 1 aliphatic heterocycles. The molecule has 2 N–H and O–H groups in total. The van der Waals surface area contributed by atoms with Crippen LogP contribution < -0.4 is 10.9 Å². The van der Waals surface area contributed by atoms with Gasteiger partial charge in [0, 0.05) is 18.0 Å². The maximum atomic E-state index is 4.13. The van der Waals surface area contributed by atoms with Crippen LogP contribution in [0.5, 0.6) is 0 Å². The molecule has 0 aromatic carbocycles. The molecule has 1 aliphatic carbocycles. The van der Waals surface area contributed by atoms with Crippen molar-refractivity contribution >= 4 is 0 Å². The van der Waals surface area contributed by atoms with E-state index in [0.29, 0.717) is 18.0 Å². The molecular formula is C9H16N2. The minimum Gasteiger partial charge on any atom is -0.254 e. The van der Waals surface area contributed by atoms with Crippen LogP contribution in [0.2, 0.25) is 0 Å². The molecule has 62 valence electrons. The van der Waals surface area contributed by atoms with Gasteiger partial charge in [0.05, 0.1) is 0 Å². The Morgan fingerprint density at radius 1 is 1.45 bits per heavy atom. The number of rotatable bonds is 0. The second kappa shape index (κ2) is 2.61. The lowest BCUT2D eigenvalue weighted by Gasteiger charge is -2.28. The molecule has 2 heteroatoms. The Kier molecular flexibility index (Phi) is 1.74. The van der Waals surface area contributed by atoms with Gasteiger partial charge in [0.25, 0.3) is 0 Å². The zero-order valence-electron chi connectivity index (χ0n) is 7.06. The van der Waals surface area contributed by atoms with E-state index in [1.807, 2.05) is 0 Å². The van der Waals surface area contributed by atoms with Crippen molar-refractivity contribution in [3.8, 4) is 0 Å². The highest BCUT2D eigenvalue weighted by Gasteiger charge is 2.36. The third-order valence-electron chi connectivity index (χ3n) is 2.95. The molecule has 0 aromatic rings. The van der Waals surface area contributed by atoms with Crippen molar-refractivity contribution in [1.82, 2.24) is 10.9 Å². The second-order valence-corrected chi connectivity index (χ2v) is 3.76. The Balaban J connectivity index is 2.14. The van der Waals surface area contributed by atoms with Crippen LogP contribution in [-0.4, -0.2) is 12.1 Å². The zero-order chi connectivity index (χ0) is 7.84. The first kappa shape index (κ1) is 7.32. The van der Waals surface area contributed by atoms with Gasteiger partial charge in [0.2, 0.25) is 0 Å². The monoisotopic (exact) mass is 152 g/mol. The van der Waals surface area contributed by atoms with E-state index in [0.717, 1.165) is 0 Å². The van der Waals surface area contributed by atoms with Gasteiger partial charge in [-0.15, -0.1) is 0 Å². The van der Waals surface area contributed by atoms with E-state index in [1.54, 1.807) is 0 Å². The van der Waals surface area contributed by atoms with Gasteiger partial charge in [0.1, 0.15) is 0 Å². The summed E-state index contributed by atoms with van der Waals surface area (Å²) in [5, 5.41) is 0. The van der Waals surface area contributed by atoms with Crippen molar-refractivity contribution in [2.45, 2.75) is 38.3 Å². The summed E-state index contributed by atoms with van der Waals surface area (Å²) in [6, 6.07) is 1.24.